The number of carboxylic acid groups (broad SMARTS) is 1. The molecule has 4 nitrogen and oxygen atoms in total. The third kappa shape index (κ3) is 2.10. The van der Waals surface area contributed by atoms with Crippen molar-refractivity contribution in [3.63, 3.8) is 0 Å². The van der Waals surface area contributed by atoms with Crippen molar-refractivity contribution in [2.45, 2.75) is 37.1 Å². The Morgan fingerprint density at radius 1 is 1.33 bits per heavy atom. The molecule has 0 aromatic heterocycles. The Morgan fingerprint density at radius 2 is 2.06 bits per heavy atom. The third-order valence-electron chi connectivity index (χ3n) is 3.81. The van der Waals surface area contributed by atoms with Crippen molar-refractivity contribution >= 4 is 12.4 Å². The number of hydrogen-bond donors (Lipinski definition) is 2. The third-order valence-corrected chi connectivity index (χ3v) is 3.81. The van der Waals surface area contributed by atoms with Gasteiger partial charge in [0.25, 0.3) is 0 Å². The topological polar surface area (TPSA) is 66.4 Å². The first-order chi connectivity index (χ1) is 8.70. The smallest absolute Gasteiger partial charge is 0.330 e. The predicted molar refractivity (Wildman–Crippen MR) is 67.2 cm³/mol. The highest BCUT2D eigenvalue weighted by atomic mass is 16.4. The van der Waals surface area contributed by atoms with Gasteiger partial charge in [0, 0.05) is 5.92 Å². The van der Waals surface area contributed by atoms with Crippen LogP contribution in [0.15, 0.2) is 30.3 Å². The van der Waals surface area contributed by atoms with E-state index in [1.807, 2.05) is 30.3 Å². The second-order valence-corrected chi connectivity index (χ2v) is 4.75. The van der Waals surface area contributed by atoms with Gasteiger partial charge in [-0.2, -0.15) is 0 Å². The molecule has 0 saturated heterocycles. The van der Waals surface area contributed by atoms with Crippen LogP contribution in [0, 0.1) is 0 Å². The highest BCUT2D eigenvalue weighted by Crippen LogP contribution is 2.40. The molecule has 1 aliphatic carbocycles. The fourth-order valence-electron chi connectivity index (χ4n) is 2.91. The molecule has 1 aliphatic rings. The van der Waals surface area contributed by atoms with Gasteiger partial charge < -0.3 is 10.4 Å². The average molecular weight is 247 g/mol. The van der Waals surface area contributed by atoms with Crippen molar-refractivity contribution in [3.8, 4) is 0 Å². The first kappa shape index (κ1) is 12.6. The molecule has 96 valence electrons. The van der Waals surface area contributed by atoms with Gasteiger partial charge in [-0.15, -0.1) is 0 Å². The van der Waals surface area contributed by atoms with E-state index >= 15 is 0 Å². The van der Waals surface area contributed by atoms with Crippen LogP contribution in [0.25, 0.3) is 0 Å². The summed E-state index contributed by atoms with van der Waals surface area (Å²) in [5, 5.41) is 12.1. The van der Waals surface area contributed by atoms with Crippen molar-refractivity contribution in [1.29, 1.82) is 0 Å². The Bertz CT molecular complexity index is 432. The summed E-state index contributed by atoms with van der Waals surface area (Å²) < 4.78 is 0. The van der Waals surface area contributed by atoms with Crippen LogP contribution >= 0.6 is 0 Å². The van der Waals surface area contributed by atoms with Crippen LogP contribution in [0.4, 0.5) is 0 Å². The van der Waals surface area contributed by atoms with Gasteiger partial charge in [0.2, 0.25) is 6.41 Å². The number of benzene rings is 1. The molecular formula is C14H17NO3. The fourth-order valence-corrected chi connectivity index (χ4v) is 2.91. The molecule has 1 amide bonds. The minimum Gasteiger partial charge on any atom is -0.479 e. The molecule has 0 spiro atoms. The Kier molecular flexibility index (Phi) is 3.65. The standard InChI is InChI=1S/C14H17NO3/c16-10-15-14(13(17)18)9-5-4-8-12(14)11-6-2-1-3-7-11/h1-3,6-7,10,12H,4-5,8-9H2,(H,15,16)(H,17,18). The minimum atomic E-state index is -1.15. The lowest BCUT2D eigenvalue weighted by atomic mass is 9.69. The van der Waals surface area contributed by atoms with E-state index in [9.17, 15) is 14.7 Å². The molecule has 0 bridgehead atoms. The Hall–Kier alpha value is -1.84. The van der Waals surface area contributed by atoms with E-state index in [1.165, 1.54) is 0 Å². The molecule has 18 heavy (non-hydrogen) atoms. The average Bonchev–Trinajstić information content (AvgIpc) is 2.40. The van der Waals surface area contributed by atoms with Crippen LogP contribution in [-0.4, -0.2) is 23.0 Å². The minimum absolute atomic E-state index is 0.157. The fraction of sp³-hybridized carbons (Fsp3) is 0.429. The van der Waals surface area contributed by atoms with Crippen molar-refractivity contribution in [2.75, 3.05) is 0 Å². The lowest BCUT2D eigenvalue weighted by Gasteiger charge is -2.40. The van der Waals surface area contributed by atoms with Gasteiger partial charge in [0.15, 0.2) is 0 Å². The van der Waals surface area contributed by atoms with Gasteiger partial charge >= 0.3 is 5.97 Å². The van der Waals surface area contributed by atoms with Crippen LogP contribution < -0.4 is 5.32 Å². The number of carboxylic acids is 1. The molecule has 2 N–H and O–H groups in total. The van der Waals surface area contributed by atoms with Crippen LogP contribution in [0.5, 0.6) is 0 Å². The number of aliphatic carboxylic acids is 1. The Morgan fingerprint density at radius 3 is 2.67 bits per heavy atom. The molecule has 1 aromatic rings. The quantitative estimate of drug-likeness (QED) is 0.799. The van der Waals surface area contributed by atoms with Gasteiger partial charge in [-0.3, -0.25) is 4.79 Å². The molecule has 0 heterocycles. The van der Waals surface area contributed by atoms with E-state index in [-0.39, 0.29) is 5.92 Å². The number of hydrogen-bond acceptors (Lipinski definition) is 2. The number of nitrogens with one attached hydrogen (secondary N) is 1. The first-order valence-corrected chi connectivity index (χ1v) is 6.20. The zero-order valence-electron chi connectivity index (χ0n) is 10.1. The van der Waals surface area contributed by atoms with E-state index in [1.54, 1.807) is 0 Å². The van der Waals surface area contributed by atoms with Crippen molar-refractivity contribution < 1.29 is 14.7 Å². The molecule has 1 fully saturated rings. The van der Waals surface area contributed by atoms with Crippen LogP contribution in [0.2, 0.25) is 0 Å². The van der Waals surface area contributed by atoms with Gasteiger partial charge in [-0.1, -0.05) is 43.2 Å². The summed E-state index contributed by atoms with van der Waals surface area (Å²) in [6.07, 6.45) is 3.61. The van der Waals surface area contributed by atoms with E-state index in [4.69, 9.17) is 0 Å². The van der Waals surface area contributed by atoms with Crippen LogP contribution in [0.3, 0.4) is 0 Å². The van der Waals surface area contributed by atoms with Gasteiger partial charge in [0.1, 0.15) is 5.54 Å². The molecule has 2 unspecified atom stereocenters. The molecule has 2 rings (SSSR count). The normalized spacial score (nSPS) is 27.4. The highest BCUT2D eigenvalue weighted by Gasteiger charge is 2.47. The summed E-state index contributed by atoms with van der Waals surface area (Å²) in [6, 6.07) is 9.57. The molecule has 2 atom stereocenters. The molecule has 1 aromatic carbocycles. The number of carbonyl (C=O) groups is 2. The highest BCUT2D eigenvalue weighted by molar-refractivity contribution is 5.83. The van der Waals surface area contributed by atoms with E-state index in [0.29, 0.717) is 12.8 Å². The van der Waals surface area contributed by atoms with Gasteiger partial charge in [0.05, 0.1) is 0 Å². The maximum atomic E-state index is 11.6. The second kappa shape index (κ2) is 5.21. The van der Waals surface area contributed by atoms with E-state index in [2.05, 4.69) is 5.32 Å². The number of carbonyl (C=O) groups excluding carboxylic acids is 1. The first-order valence-electron chi connectivity index (χ1n) is 6.20. The van der Waals surface area contributed by atoms with Crippen LogP contribution in [-0.2, 0) is 9.59 Å². The lowest BCUT2D eigenvalue weighted by molar-refractivity contribution is -0.148. The Labute approximate surface area is 106 Å². The summed E-state index contributed by atoms with van der Waals surface area (Å²) in [6.45, 7) is 0. The summed E-state index contributed by atoms with van der Waals surface area (Å²) in [7, 11) is 0. The summed E-state index contributed by atoms with van der Waals surface area (Å²) >= 11 is 0. The lowest BCUT2D eigenvalue weighted by Crippen LogP contribution is -2.57. The van der Waals surface area contributed by atoms with Crippen molar-refractivity contribution in [3.05, 3.63) is 35.9 Å². The molecular weight excluding hydrogens is 230 g/mol. The predicted octanol–water partition coefficient (Wildman–Crippen LogP) is 1.91. The number of rotatable bonds is 4. The zero-order chi connectivity index (χ0) is 13.0. The SMILES string of the molecule is O=CNC1(C(=O)O)CCCCC1c1ccccc1. The van der Waals surface area contributed by atoms with Gasteiger partial charge in [-0.25, -0.2) is 4.79 Å². The molecule has 0 radical (unpaired) electrons. The monoisotopic (exact) mass is 247 g/mol. The maximum absolute atomic E-state index is 11.6. The van der Waals surface area contributed by atoms with Crippen molar-refractivity contribution in [1.82, 2.24) is 5.32 Å². The zero-order valence-corrected chi connectivity index (χ0v) is 10.1. The molecule has 1 saturated carbocycles. The largest absolute Gasteiger partial charge is 0.479 e. The summed E-state index contributed by atoms with van der Waals surface area (Å²) in [5.41, 5.74) is -0.171. The number of amides is 1. The molecule has 4 heteroatoms. The summed E-state index contributed by atoms with van der Waals surface area (Å²) in [5.74, 6) is -1.10. The molecule has 0 aliphatic heterocycles. The van der Waals surface area contributed by atoms with Gasteiger partial charge in [-0.05, 0) is 18.4 Å². The summed E-state index contributed by atoms with van der Waals surface area (Å²) in [4.78, 5) is 22.4. The van der Waals surface area contributed by atoms with E-state index in [0.717, 1.165) is 24.8 Å². The van der Waals surface area contributed by atoms with Crippen LogP contribution in [0.1, 0.15) is 37.2 Å². The Balaban J connectivity index is 2.40. The maximum Gasteiger partial charge on any atom is 0.330 e. The van der Waals surface area contributed by atoms with Crippen molar-refractivity contribution in [2.24, 2.45) is 0 Å². The van der Waals surface area contributed by atoms with E-state index < -0.39 is 11.5 Å². The second-order valence-electron chi connectivity index (χ2n) is 4.75.